The van der Waals surface area contributed by atoms with Crippen LogP contribution in [-0.4, -0.2) is 38.9 Å². The molecule has 0 aliphatic heterocycles. The summed E-state index contributed by atoms with van der Waals surface area (Å²) in [5, 5.41) is 2.63. The molecule has 6 nitrogen and oxygen atoms in total. The van der Waals surface area contributed by atoms with Gasteiger partial charge in [-0.15, -0.1) is 12.4 Å². The van der Waals surface area contributed by atoms with Gasteiger partial charge in [-0.05, 0) is 13.0 Å². The molecule has 0 aromatic heterocycles. The lowest BCUT2D eigenvalue weighted by molar-refractivity contribution is -0.123. The van der Waals surface area contributed by atoms with E-state index in [1.165, 1.54) is 13.2 Å². The standard InChI is InChI=1S/C15H22F2N2O4.ClH/c1-3-22-12-6-4-5-10(14(12)23-15(16)17)9-19-13(20)7-11(8-18)21-2;/h4-6,11,15H,3,7-9,18H2,1-2H3,(H,19,20);1H. The molecule has 9 heteroatoms. The largest absolute Gasteiger partial charge is 0.490 e. The van der Waals surface area contributed by atoms with Crippen LogP contribution in [-0.2, 0) is 16.1 Å². The fraction of sp³-hybridized carbons (Fsp3) is 0.533. The highest BCUT2D eigenvalue weighted by Crippen LogP contribution is 2.32. The summed E-state index contributed by atoms with van der Waals surface area (Å²) in [7, 11) is 1.46. The van der Waals surface area contributed by atoms with E-state index in [1.54, 1.807) is 19.1 Å². The van der Waals surface area contributed by atoms with Gasteiger partial charge in [-0.2, -0.15) is 8.78 Å². The number of hydrogen-bond acceptors (Lipinski definition) is 5. The lowest BCUT2D eigenvalue weighted by Gasteiger charge is -2.16. The molecule has 24 heavy (non-hydrogen) atoms. The van der Waals surface area contributed by atoms with E-state index < -0.39 is 6.61 Å². The van der Waals surface area contributed by atoms with Crippen LogP contribution in [0.2, 0.25) is 0 Å². The van der Waals surface area contributed by atoms with Crippen LogP contribution in [0.3, 0.4) is 0 Å². The lowest BCUT2D eigenvalue weighted by Crippen LogP contribution is -2.32. The molecule has 0 radical (unpaired) electrons. The number of amides is 1. The maximum absolute atomic E-state index is 12.6. The Kier molecular flexibility index (Phi) is 11.0. The van der Waals surface area contributed by atoms with Gasteiger partial charge in [0.05, 0.1) is 19.1 Å². The van der Waals surface area contributed by atoms with Gasteiger partial charge in [0, 0.05) is 25.8 Å². The molecule has 1 aromatic carbocycles. The summed E-state index contributed by atoms with van der Waals surface area (Å²) >= 11 is 0. The Morgan fingerprint density at radius 3 is 2.62 bits per heavy atom. The number of carbonyl (C=O) groups is 1. The second kappa shape index (κ2) is 11.8. The number of benzene rings is 1. The number of methoxy groups -OCH3 is 1. The molecular weight excluding hydrogens is 346 g/mol. The summed E-state index contributed by atoms with van der Waals surface area (Å²) in [5.74, 6) is -0.171. The first kappa shape index (κ1) is 22.4. The summed E-state index contributed by atoms with van der Waals surface area (Å²) < 4.78 is 40.0. The fourth-order valence-corrected chi connectivity index (χ4v) is 1.93. The molecule has 0 heterocycles. The fourth-order valence-electron chi connectivity index (χ4n) is 1.93. The Morgan fingerprint density at radius 1 is 1.38 bits per heavy atom. The monoisotopic (exact) mass is 368 g/mol. The number of rotatable bonds is 10. The smallest absolute Gasteiger partial charge is 0.387 e. The highest BCUT2D eigenvalue weighted by atomic mass is 35.5. The van der Waals surface area contributed by atoms with Crippen LogP contribution in [0.15, 0.2) is 18.2 Å². The van der Waals surface area contributed by atoms with Gasteiger partial charge in [0.15, 0.2) is 11.5 Å². The maximum atomic E-state index is 12.6. The van der Waals surface area contributed by atoms with Crippen molar-refractivity contribution in [3.8, 4) is 11.5 Å². The third kappa shape index (κ3) is 7.29. The third-order valence-electron chi connectivity index (χ3n) is 3.05. The molecule has 1 amide bonds. The molecule has 1 unspecified atom stereocenters. The van der Waals surface area contributed by atoms with Crippen LogP contribution in [0.4, 0.5) is 8.78 Å². The van der Waals surface area contributed by atoms with Crippen molar-refractivity contribution in [2.45, 2.75) is 32.6 Å². The number of para-hydroxylation sites is 1. The zero-order valence-corrected chi connectivity index (χ0v) is 14.4. The highest BCUT2D eigenvalue weighted by molar-refractivity contribution is 5.85. The number of nitrogens with two attached hydrogens (primary N) is 1. The first-order chi connectivity index (χ1) is 11.0. The van der Waals surface area contributed by atoms with Gasteiger partial charge in [0.25, 0.3) is 0 Å². The van der Waals surface area contributed by atoms with Crippen molar-refractivity contribution in [3.05, 3.63) is 23.8 Å². The van der Waals surface area contributed by atoms with Crippen LogP contribution < -0.4 is 20.5 Å². The Balaban J connectivity index is 0.00000529. The van der Waals surface area contributed by atoms with E-state index in [2.05, 4.69) is 10.1 Å². The summed E-state index contributed by atoms with van der Waals surface area (Å²) in [6.45, 7) is -0.701. The van der Waals surface area contributed by atoms with Crippen molar-refractivity contribution < 1.29 is 27.8 Å². The molecule has 0 aliphatic rings. The van der Waals surface area contributed by atoms with E-state index in [4.69, 9.17) is 15.2 Å². The molecule has 0 spiro atoms. The predicted molar refractivity (Wildman–Crippen MR) is 87.8 cm³/mol. The van der Waals surface area contributed by atoms with Crippen molar-refractivity contribution in [1.82, 2.24) is 5.32 Å². The average Bonchev–Trinajstić information content (AvgIpc) is 2.52. The van der Waals surface area contributed by atoms with E-state index in [0.717, 1.165) is 0 Å². The van der Waals surface area contributed by atoms with Gasteiger partial charge in [-0.1, -0.05) is 12.1 Å². The summed E-state index contributed by atoms with van der Waals surface area (Å²) in [6, 6.07) is 4.75. The highest BCUT2D eigenvalue weighted by Gasteiger charge is 2.17. The van der Waals surface area contributed by atoms with Gasteiger partial charge in [0.2, 0.25) is 5.91 Å². The van der Waals surface area contributed by atoms with Crippen molar-refractivity contribution in [1.29, 1.82) is 0 Å². The zero-order chi connectivity index (χ0) is 17.2. The van der Waals surface area contributed by atoms with Crippen LogP contribution in [0.5, 0.6) is 11.5 Å². The molecular formula is C15H23ClF2N2O4. The van der Waals surface area contributed by atoms with Crippen molar-refractivity contribution in [3.63, 3.8) is 0 Å². The number of carbonyl (C=O) groups excluding carboxylic acids is 1. The Morgan fingerprint density at radius 2 is 2.08 bits per heavy atom. The van der Waals surface area contributed by atoms with Crippen LogP contribution >= 0.6 is 12.4 Å². The van der Waals surface area contributed by atoms with Crippen molar-refractivity contribution in [2.24, 2.45) is 5.73 Å². The first-order valence-corrected chi connectivity index (χ1v) is 7.20. The molecule has 138 valence electrons. The molecule has 3 N–H and O–H groups in total. The maximum Gasteiger partial charge on any atom is 0.387 e. The Hall–Kier alpha value is -1.64. The van der Waals surface area contributed by atoms with Gasteiger partial charge in [-0.3, -0.25) is 4.79 Å². The van der Waals surface area contributed by atoms with Crippen molar-refractivity contribution >= 4 is 18.3 Å². The van der Waals surface area contributed by atoms with Gasteiger partial charge >= 0.3 is 6.61 Å². The van der Waals surface area contributed by atoms with Gasteiger partial charge < -0.3 is 25.3 Å². The van der Waals surface area contributed by atoms with Gasteiger partial charge in [0.1, 0.15) is 0 Å². The summed E-state index contributed by atoms with van der Waals surface area (Å²) in [6.07, 6.45) is -0.301. The predicted octanol–water partition coefficient (Wildman–Crippen LogP) is 2.09. The first-order valence-electron chi connectivity index (χ1n) is 7.20. The normalized spacial score (nSPS) is 11.6. The number of alkyl halides is 2. The van der Waals surface area contributed by atoms with E-state index in [0.29, 0.717) is 12.2 Å². The quantitative estimate of drug-likeness (QED) is 0.660. The average molecular weight is 369 g/mol. The lowest BCUT2D eigenvalue weighted by atomic mass is 10.1. The minimum Gasteiger partial charge on any atom is -0.490 e. The Bertz CT molecular complexity index is 502. The van der Waals surface area contributed by atoms with Crippen LogP contribution in [0.25, 0.3) is 0 Å². The second-order valence-electron chi connectivity index (χ2n) is 4.63. The zero-order valence-electron chi connectivity index (χ0n) is 13.6. The van der Waals surface area contributed by atoms with E-state index in [-0.39, 0.29) is 55.4 Å². The van der Waals surface area contributed by atoms with Gasteiger partial charge in [-0.25, -0.2) is 0 Å². The third-order valence-corrected chi connectivity index (χ3v) is 3.05. The van der Waals surface area contributed by atoms with E-state index >= 15 is 0 Å². The number of nitrogens with one attached hydrogen (secondary N) is 1. The number of ether oxygens (including phenoxy) is 3. The molecule has 0 saturated carbocycles. The molecule has 0 bridgehead atoms. The molecule has 0 aliphatic carbocycles. The summed E-state index contributed by atoms with van der Waals surface area (Å²) in [5.41, 5.74) is 5.84. The van der Waals surface area contributed by atoms with E-state index in [9.17, 15) is 13.6 Å². The number of hydrogen-bond donors (Lipinski definition) is 2. The molecule has 1 atom stereocenters. The van der Waals surface area contributed by atoms with E-state index in [1.807, 2.05) is 0 Å². The molecule has 1 rings (SSSR count). The van der Waals surface area contributed by atoms with Crippen LogP contribution in [0.1, 0.15) is 18.9 Å². The van der Waals surface area contributed by atoms with Crippen LogP contribution in [0, 0.1) is 0 Å². The minimum absolute atomic E-state index is 0. The molecule has 1 aromatic rings. The number of halogens is 3. The second-order valence-corrected chi connectivity index (χ2v) is 4.63. The SMILES string of the molecule is CCOc1cccc(CNC(=O)CC(CN)OC)c1OC(F)F.Cl. The van der Waals surface area contributed by atoms with Crippen molar-refractivity contribution in [2.75, 3.05) is 20.3 Å². The molecule has 0 saturated heterocycles. The Labute approximate surface area is 146 Å². The topological polar surface area (TPSA) is 82.8 Å². The summed E-state index contributed by atoms with van der Waals surface area (Å²) in [4.78, 5) is 11.8. The molecule has 0 fully saturated rings. The minimum atomic E-state index is -2.99.